The van der Waals surface area contributed by atoms with Crippen LogP contribution in [-0.4, -0.2) is 55.6 Å². The van der Waals surface area contributed by atoms with Crippen molar-refractivity contribution in [3.8, 4) is 0 Å². The van der Waals surface area contributed by atoms with Crippen molar-refractivity contribution in [1.29, 1.82) is 0 Å². The van der Waals surface area contributed by atoms with Crippen molar-refractivity contribution in [3.05, 3.63) is 23.8 Å². The van der Waals surface area contributed by atoms with Crippen LogP contribution in [-0.2, 0) is 16.7 Å². The quantitative estimate of drug-likeness (QED) is 0.513. The zero-order valence-electron chi connectivity index (χ0n) is 11.4. The summed E-state index contributed by atoms with van der Waals surface area (Å²) in [6.45, 7) is 0.584. The Morgan fingerprint density at radius 1 is 1.40 bits per heavy atom. The van der Waals surface area contributed by atoms with E-state index in [1.165, 1.54) is 6.07 Å². The van der Waals surface area contributed by atoms with E-state index in [1.807, 2.05) is 0 Å². The van der Waals surface area contributed by atoms with Gasteiger partial charge in [0, 0.05) is 18.8 Å². The Labute approximate surface area is 124 Å². The Hall–Kier alpha value is -0.860. The van der Waals surface area contributed by atoms with Crippen molar-refractivity contribution in [2.45, 2.75) is 17.5 Å². The fourth-order valence-corrected chi connectivity index (χ4v) is 2.52. The van der Waals surface area contributed by atoms with Gasteiger partial charge in [0.05, 0.1) is 12.0 Å². The Kier molecular flexibility index (Phi) is 6.22. The van der Waals surface area contributed by atoms with E-state index in [0.29, 0.717) is 17.8 Å². The van der Waals surface area contributed by atoms with Gasteiger partial charge in [0.25, 0.3) is 10.1 Å². The van der Waals surface area contributed by atoms with Gasteiger partial charge in [-0.2, -0.15) is 8.42 Å². The van der Waals surface area contributed by atoms with Gasteiger partial charge in [-0.05, 0) is 31.8 Å². The summed E-state index contributed by atoms with van der Waals surface area (Å²) in [4.78, 5) is 1.66. The maximum absolute atomic E-state index is 11.4. The molecule has 1 atom stereocenters. The van der Waals surface area contributed by atoms with Gasteiger partial charge in [0.15, 0.2) is 0 Å². The third-order valence-electron chi connectivity index (χ3n) is 2.55. The Morgan fingerprint density at radius 3 is 2.55 bits per heavy atom. The van der Waals surface area contributed by atoms with E-state index in [9.17, 15) is 18.1 Å². The third kappa shape index (κ3) is 5.26. The van der Waals surface area contributed by atoms with Gasteiger partial charge in [-0.3, -0.25) is 4.55 Å². The minimum absolute atomic E-state index is 0.0802. The van der Waals surface area contributed by atoms with Crippen LogP contribution >= 0.6 is 11.6 Å². The number of aliphatic hydroxyl groups excluding tert-OH is 1. The highest BCUT2D eigenvalue weighted by Gasteiger charge is 2.17. The van der Waals surface area contributed by atoms with Gasteiger partial charge >= 0.3 is 0 Å². The molecule has 20 heavy (non-hydrogen) atoms. The first-order valence-corrected chi connectivity index (χ1v) is 7.94. The van der Waals surface area contributed by atoms with E-state index in [2.05, 4.69) is 5.32 Å². The largest absolute Gasteiger partial charge is 0.390 e. The first kappa shape index (κ1) is 17.2. The summed E-state index contributed by atoms with van der Waals surface area (Å²) in [5.41, 5.74) is 0.991. The number of rotatable bonds is 7. The maximum Gasteiger partial charge on any atom is 0.294 e. The topological polar surface area (TPSA) is 89.9 Å². The zero-order valence-corrected chi connectivity index (χ0v) is 12.9. The number of hydrogen-bond donors (Lipinski definition) is 3. The highest BCUT2D eigenvalue weighted by Crippen LogP contribution is 2.21. The van der Waals surface area contributed by atoms with Crippen molar-refractivity contribution in [2.24, 2.45) is 0 Å². The molecule has 0 bridgehead atoms. The minimum Gasteiger partial charge on any atom is -0.390 e. The van der Waals surface area contributed by atoms with Crippen LogP contribution in [0.4, 0.5) is 5.69 Å². The third-order valence-corrected chi connectivity index (χ3v) is 3.84. The predicted octanol–water partition coefficient (Wildman–Crippen LogP) is 1.01. The fraction of sp³-hybridized carbons (Fsp3) is 0.500. The number of anilines is 1. The molecule has 0 radical (unpaired) electrons. The molecular formula is C12H19ClN2O4S. The lowest BCUT2D eigenvalue weighted by Crippen LogP contribution is -2.21. The second-order valence-corrected chi connectivity index (χ2v) is 6.42. The van der Waals surface area contributed by atoms with E-state index in [0.717, 1.165) is 0 Å². The number of halogens is 1. The van der Waals surface area contributed by atoms with Crippen LogP contribution in [0.3, 0.4) is 0 Å². The van der Waals surface area contributed by atoms with Crippen molar-refractivity contribution >= 4 is 27.4 Å². The van der Waals surface area contributed by atoms with E-state index in [1.54, 1.807) is 31.1 Å². The Bertz CT molecular complexity index is 548. The molecule has 0 saturated carbocycles. The number of alkyl halides is 1. The molecule has 1 aromatic carbocycles. The monoisotopic (exact) mass is 322 g/mol. The second-order valence-electron chi connectivity index (χ2n) is 4.72. The summed E-state index contributed by atoms with van der Waals surface area (Å²) in [6.07, 6.45) is -0.729. The molecule has 114 valence electrons. The number of hydrogen-bond acceptors (Lipinski definition) is 5. The van der Waals surface area contributed by atoms with Crippen LogP contribution in [0.25, 0.3) is 0 Å². The molecule has 1 unspecified atom stereocenters. The molecule has 0 spiro atoms. The van der Waals surface area contributed by atoms with Gasteiger partial charge in [-0.25, -0.2) is 0 Å². The highest BCUT2D eigenvalue weighted by molar-refractivity contribution is 7.85. The van der Waals surface area contributed by atoms with Gasteiger partial charge < -0.3 is 15.3 Å². The lowest BCUT2D eigenvalue weighted by molar-refractivity contribution is 0.211. The zero-order chi connectivity index (χ0) is 15.3. The molecular weight excluding hydrogens is 304 g/mol. The van der Waals surface area contributed by atoms with Gasteiger partial charge in [-0.1, -0.05) is 6.07 Å². The summed E-state index contributed by atoms with van der Waals surface area (Å²) in [7, 11) is -0.696. The van der Waals surface area contributed by atoms with Gasteiger partial charge in [0.1, 0.15) is 4.90 Å². The molecule has 0 aliphatic heterocycles. The molecule has 6 nitrogen and oxygen atoms in total. The van der Waals surface area contributed by atoms with Crippen molar-refractivity contribution in [2.75, 3.05) is 31.8 Å². The average Bonchev–Trinajstić information content (AvgIpc) is 2.35. The van der Waals surface area contributed by atoms with E-state index < -0.39 is 16.2 Å². The SMILES string of the molecule is CN(C)Cc1ccc(NCC(O)CCl)cc1S(=O)(=O)O. The summed E-state index contributed by atoms with van der Waals surface area (Å²) in [6, 6.07) is 4.65. The van der Waals surface area contributed by atoms with E-state index in [4.69, 9.17) is 11.6 Å². The average molecular weight is 323 g/mol. The smallest absolute Gasteiger partial charge is 0.294 e. The lowest BCUT2D eigenvalue weighted by Gasteiger charge is -2.15. The van der Waals surface area contributed by atoms with Crippen LogP contribution < -0.4 is 5.32 Å². The molecule has 0 aliphatic rings. The summed E-state index contributed by atoms with van der Waals surface area (Å²) in [5, 5.41) is 12.2. The van der Waals surface area contributed by atoms with E-state index >= 15 is 0 Å². The van der Waals surface area contributed by atoms with Crippen LogP contribution in [0.15, 0.2) is 23.1 Å². The highest BCUT2D eigenvalue weighted by atomic mass is 35.5. The van der Waals surface area contributed by atoms with Crippen LogP contribution in [0, 0.1) is 0 Å². The predicted molar refractivity (Wildman–Crippen MR) is 78.9 cm³/mol. The number of aliphatic hydroxyl groups is 1. The molecule has 0 fully saturated rings. The van der Waals surface area contributed by atoms with Crippen LogP contribution in [0.2, 0.25) is 0 Å². The molecule has 0 aliphatic carbocycles. The molecule has 1 aromatic rings. The van der Waals surface area contributed by atoms with Crippen LogP contribution in [0.1, 0.15) is 5.56 Å². The van der Waals surface area contributed by atoms with E-state index in [-0.39, 0.29) is 17.3 Å². The normalized spacial score (nSPS) is 13.5. The fourth-order valence-electron chi connectivity index (χ4n) is 1.67. The summed E-state index contributed by atoms with van der Waals surface area (Å²) >= 11 is 5.47. The van der Waals surface area contributed by atoms with Gasteiger partial charge in [0.2, 0.25) is 0 Å². The second kappa shape index (κ2) is 7.24. The number of nitrogens with one attached hydrogen (secondary N) is 1. The number of benzene rings is 1. The molecule has 0 amide bonds. The van der Waals surface area contributed by atoms with Crippen molar-refractivity contribution in [3.63, 3.8) is 0 Å². The first-order chi connectivity index (χ1) is 9.24. The van der Waals surface area contributed by atoms with Crippen molar-refractivity contribution < 1.29 is 18.1 Å². The van der Waals surface area contributed by atoms with Crippen molar-refractivity contribution in [1.82, 2.24) is 4.90 Å². The van der Waals surface area contributed by atoms with Gasteiger partial charge in [-0.15, -0.1) is 11.6 Å². The minimum atomic E-state index is -4.30. The Morgan fingerprint density at radius 2 is 2.05 bits per heavy atom. The molecule has 0 saturated heterocycles. The summed E-state index contributed by atoms with van der Waals surface area (Å²) in [5.74, 6) is 0.0802. The summed E-state index contributed by atoms with van der Waals surface area (Å²) < 4.78 is 32.1. The van der Waals surface area contributed by atoms with Crippen LogP contribution in [0.5, 0.6) is 0 Å². The Balaban J connectivity index is 3.02. The number of nitrogens with zero attached hydrogens (tertiary/aromatic N) is 1. The molecule has 8 heteroatoms. The lowest BCUT2D eigenvalue weighted by atomic mass is 10.2. The standard InChI is InChI=1S/C12H19ClN2O4S/c1-15(2)8-9-3-4-10(14-7-11(16)6-13)5-12(9)20(17,18)19/h3-5,11,14,16H,6-8H2,1-2H3,(H,17,18,19). The molecule has 0 heterocycles. The molecule has 0 aromatic heterocycles. The maximum atomic E-state index is 11.4. The molecule has 1 rings (SSSR count). The first-order valence-electron chi connectivity index (χ1n) is 5.97. The molecule has 3 N–H and O–H groups in total.